The van der Waals surface area contributed by atoms with Crippen LogP contribution in [0.4, 0.5) is 0 Å². The van der Waals surface area contributed by atoms with Crippen molar-refractivity contribution < 1.29 is 14.7 Å². The van der Waals surface area contributed by atoms with Crippen molar-refractivity contribution >= 4 is 18.1 Å². The average Bonchev–Trinajstić information content (AvgIpc) is 2.16. The molecular formula is C7H8N2O3. The van der Waals surface area contributed by atoms with E-state index in [1.54, 1.807) is 6.08 Å². The summed E-state index contributed by atoms with van der Waals surface area (Å²) in [5.41, 5.74) is 0. The molecule has 0 unspecified atom stereocenters. The minimum Gasteiger partial charge on any atom is -0.480 e. The van der Waals surface area contributed by atoms with Crippen LogP contribution >= 0.6 is 0 Å². The highest BCUT2D eigenvalue weighted by molar-refractivity contribution is 5.91. The van der Waals surface area contributed by atoms with Crippen molar-refractivity contribution in [1.82, 2.24) is 5.01 Å². The fraction of sp³-hybridized carbons (Fsp3) is 0.286. The zero-order chi connectivity index (χ0) is 8.97. The van der Waals surface area contributed by atoms with E-state index >= 15 is 0 Å². The smallest absolute Gasteiger partial charge is 0.325 e. The zero-order valence-electron chi connectivity index (χ0n) is 6.30. The number of hydrogen-bond donors (Lipinski definition) is 1. The van der Waals surface area contributed by atoms with Crippen LogP contribution in [0.1, 0.15) is 6.42 Å². The van der Waals surface area contributed by atoms with E-state index in [-0.39, 0.29) is 6.54 Å². The maximum atomic E-state index is 11.0. The van der Waals surface area contributed by atoms with Crippen LogP contribution in [0.15, 0.2) is 17.3 Å². The van der Waals surface area contributed by atoms with Gasteiger partial charge in [0.25, 0.3) is 5.91 Å². The van der Waals surface area contributed by atoms with E-state index in [0.717, 1.165) is 5.01 Å². The van der Waals surface area contributed by atoms with Crippen LogP contribution in [-0.4, -0.2) is 34.8 Å². The molecule has 1 heterocycles. The molecule has 1 rings (SSSR count). The highest BCUT2D eigenvalue weighted by Crippen LogP contribution is 1.97. The lowest BCUT2D eigenvalue weighted by Gasteiger charge is -2.10. The monoisotopic (exact) mass is 168 g/mol. The molecule has 1 aliphatic heterocycles. The van der Waals surface area contributed by atoms with Crippen LogP contribution in [0.5, 0.6) is 0 Å². The SMILES string of the molecule is O=C(O)CN1N=CCC=CC1=O. The minimum absolute atomic E-state index is 0.389. The van der Waals surface area contributed by atoms with E-state index in [9.17, 15) is 9.59 Å². The quantitative estimate of drug-likeness (QED) is 0.623. The van der Waals surface area contributed by atoms with Crippen molar-refractivity contribution in [2.45, 2.75) is 6.42 Å². The lowest BCUT2D eigenvalue weighted by molar-refractivity contribution is -0.142. The molecule has 0 bridgehead atoms. The van der Waals surface area contributed by atoms with Crippen molar-refractivity contribution in [3.8, 4) is 0 Å². The Bertz CT molecular complexity index is 257. The van der Waals surface area contributed by atoms with Gasteiger partial charge in [-0.3, -0.25) is 9.59 Å². The van der Waals surface area contributed by atoms with Crippen molar-refractivity contribution in [2.75, 3.05) is 6.54 Å². The molecule has 0 aromatic heterocycles. The highest BCUT2D eigenvalue weighted by atomic mass is 16.4. The van der Waals surface area contributed by atoms with Crippen molar-refractivity contribution in [2.24, 2.45) is 5.10 Å². The number of carbonyl (C=O) groups excluding carboxylic acids is 1. The predicted molar refractivity (Wildman–Crippen MR) is 41.6 cm³/mol. The fourth-order valence-electron chi connectivity index (χ4n) is 0.765. The van der Waals surface area contributed by atoms with Gasteiger partial charge in [0, 0.05) is 18.7 Å². The number of carbonyl (C=O) groups is 2. The Balaban J connectivity index is 2.67. The first-order chi connectivity index (χ1) is 5.70. The third-order valence-electron chi connectivity index (χ3n) is 1.26. The molecule has 12 heavy (non-hydrogen) atoms. The van der Waals surface area contributed by atoms with Crippen LogP contribution in [-0.2, 0) is 9.59 Å². The normalized spacial score (nSPS) is 16.3. The van der Waals surface area contributed by atoms with Crippen LogP contribution in [0.25, 0.3) is 0 Å². The van der Waals surface area contributed by atoms with Gasteiger partial charge in [0.05, 0.1) is 0 Å². The van der Waals surface area contributed by atoms with Gasteiger partial charge in [-0.05, 0) is 0 Å². The highest BCUT2D eigenvalue weighted by Gasteiger charge is 2.13. The van der Waals surface area contributed by atoms with Crippen LogP contribution in [0, 0.1) is 0 Å². The Kier molecular flexibility index (Phi) is 2.57. The molecule has 0 spiro atoms. The molecule has 0 atom stereocenters. The number of aliphatic carboxylic acids is 1. The topological polar surface area (TPSA) is 70.0 Å². The molecule has 0 radical (unpaired) electrons. The Hall–Kier alpha value is -1.65. The van der Waals surface area contributed by atoms with Gasteiger partial charge in [-0.1, -0.05) is 6.08 Å². The van der Waals surface area contributed by atoms with E-state index in [2.05, 4.69) is 5.10 Å². The Morgan fingerprint density at radius 1 is 1.75 bits per heavy atom. The van der Waals surface area contributed by atoms with E-state index in [4.69, 9.17) is 5.11 Å². The molecular weight excluding hydrogens is 160 g/mol. The second-order valence-electron chi connectivity index (χ2n) is 2.23. The molecule has 0 aromatic rings. The average molecular weight is 168 g/mol. The van der Waals surface area contributed by atoms with Gasteiger partial charge in [0.1, 0.15) is 6.54 Å². The number of amides is 1. The third-order valence-corrected chi connectivity index (χ3v) is 1.26. The minimum atomic E-state index is -1.07. The van der Waals surface area contributed by atoms with Gasteiger partial charge in [0.2, 0.25) is 0 Å². The summed E-state index contributed by atoms with van der Waals surface area (Å²) in [7, 11) is 0. The van der Waals surface area contributed by atoms with Crippen LogP contribution in [0.2, 0.25) is 0 Å². The summed E-state index contributed by atoms with van der Waals surface area (Å²) >= 11 is 0. The van der Waals surface area contributed by atoms with E-state index in [1.807, 2.05) is 0 Å². The first-order valence-electron chi connectivity index (χ1n) is 3.42. The summed E-state index contributed by atoms with van der Waals surface area (Å²) in [6, 6.07) is 0. The van der Waals surface area contributed by atoms with Crippen LogP contribution < -0.4 is 0 Å². The third kappa shape index (κ3) is 2.19. The number of rotatable bonds is 2. The summed E-state index contributed by atoms with van der Waals surface area (Å²) in [6.45, 7) is -0.389. The number of carboxylic acids is 1. The van der Waals surface area contributed by atoms with Crippen molar-refractivity contribution in [3.05, 3.63) is 12.2 Å². The maximum absolute atomic E-state index is 11.0. The Morgan fingerprint density at radius 2 is 2.50 bits per heavy atom. The first kappa shape index (κ1) is 8.45. The zero-order valence-corrected chi connectivity index (χ0v) is 6.30. The summed E-state index contributed by atoms with van der Waals surface area (Å²) in [5.74, 6) is -1.47. The number of hydrogen-bond acceptors (Lipinski definition) is 3. The van der Waals surface area contributed by atoms with E-state index in [1.165, 1.54) is 12.3 Å². The largest absolute Gasteiger partial charge is 0.480 e. The molecule has 0 aromatic carbocycles. The van der Waals surface area contributed by atoms with Gasteiger partial charge in [-0.15, -0.1) is 0 Å². The van der Waals surface area contributed by atoms with E-state index < -0.39 is 11.9 Å². The molecule has 1 aliphatic rings. The molecule has 1 amide bonds. The van der Waals surface area contributed by atoms with Gasteiger partial charge in [0.15, 0.2) is 0 Å². The molecule has 5 nitrogen and oxygen atoms in total. The van der Waals surface area contributed by atoms with Crippen LogP contribution in [0.3, 0.4) is 0 Å². The van der Waals surface area contributed by atoms with Gasteiger partial charge >= 0.3 is 5.97 Å². The molecule has 0 fully saturated rings. The summed E-state index contributed by atoms with van der Waals surface area (Å²) in [4.78, 5) is 21.2. The Morgan fingerprint density at radius 3 is 3.17 bits per heavy atom. The van der Waals surface area contributed by atoms with Gasteiger partial charge in [-0.2, -0.15) is 5.10 Å². The summed E-state index contributed by atoms with van der Waals surface area (Å²) in [5, 5.41) is 13.0. The summed E-state index contributed by atoms with van der Waals surface area (Å²) in [6.07, 6.45) is 5.00. The fourth-order valence-corrected chi connectivity index (χ4v) is 0.765. The van der Waals surface area contributed by atoms with Gasteiger partial charge in [-0.25, -0.2) is 5.01 Å². The lowest BCUT2D eigenvalue weighted by Crippen LogP contribution is -2.29. The number of nitrogens with zero attached hydrogens (tertiary/aromatic N) is 2. The second-order valence-corrected chi connectivity index (χ2v) is 2.23. The molecule has 0 aliphatic carbocycles. The van der Waals surface area contributed by atoms with Crippen molar-refractivity contribution in [1.29, 1.82) is 0 Å². The predicted octanol–water partition coefficient (Wildman–Crippen LogP) is -0.155. The molecule has 0 saturated heterocycles. The molecule has 1 N–H and O–H groups in total. The molecule has 5 heteroatoms. The lowest BCUT2D eigenvalue weighted by atomic mass is 10.4. The second kappa shape index (κ2) is 3.66. The number of hydrazone groups is 1. The Labute approximate surface area is 69.0 Å². The number of allylic oxidation sites excluding steroid dienone is 1. The molecule has 0 saturated carbocycles. The standard InChI is InChI=1S/C7H8N2O3/c10-6-3-1-2-4-8-9(6)5-7(11)12/h1,3-4H,2,5H2,(H,11,12). The van der Waals surface area contributed by atoms with Gasteiger partial charge < -0.3 is 5.11 Å². The first-order valence-corrected chi connectivity index (χ1v) is 3.42. The van der Waals surface area contributed by atoms with Crippen molar-refractivity contribution in [3.63, 3.8) is 0 Å². The number of carboxylic acid groups (broad SMARTS) is 1. The molecule has 64 valence electrons. The maximum Gasteiger partial charge on any atom is 0.325 e. The summed E-state index contributed by atoms with van der Waals surface area (Å²) < 4.78 is 0. The van der Waals surface area contributed by atoms with E-state index in [0.29, 0.717) is 6.42 Å².